The number of urea groups is 1. The van der Waals surface area contributed by atoms with E-state index in [1.807, 2.05) is 13.0 Å². The number of ether oxygens (including phenoxy) is 1. The number of hydrogen-bond donors (Lipinski definition) is 1. The average molecular weight is 434 g/mol. The van der Waals surface area contributed by atoms with Gasteiger partial charge in [0.1, 0.15) is 4.83 Å². The first-order valence-corrected chi connectivity index (χ1v) is 11.7. The van der Waals surface area contributed by atoms with Crippen molar-refractivity contribution in [3.8, 4) is 0 Å². The summed E-state index contributed by atoms with van der Waals surface area (Å²) in [5.74, 6) is -0.0852. The van der Waals surface area contributed by atoms with E-state index in [2.05, 4.69) is 10.00 Å². The van der Waals surface area contributed by atoms with Crippen molar-refractivity contribution in [2.75, 3.05) is 46.4 Å². The van der Waals surface area contributed by atoms with E-state index in [0.29, 0.717) is 50.3 Å². The number of morpholine rings is 1. The number of carbonyl (C=O) groups is 2. The van der Waals surface area contributed by atoms with Crippen LogP contribution in [-0.4, -0.2) is 78.0 Å². The number of nitrogens with zero attached hydrogens (tertiary/aromatic N) is 4. The second-order valence-corrected chi connectivity index (χ2v) is 9.24. The van der Waals surface area contributed by atoms with Crippen LogP contribution in [0.3, 0.4) is 0 Å². The van der Waals surface area contributed by atoms with Crippen LogP contribution in [0.2, 0.25) is 0 Å². The molecule has 2 aromatic heterocycles. The largest absolute Gasteiger partial charge is 0.378 e. The summed E-state index contributed by atoms with van der Waals surface area (Å²) >= 11 is 1.52. The summed E-state index contributed by atoms with van der Waals surface area (Å²) in [7, 11) is 1.77. The van der Waals surface area contributed by atoms with Gasteiger partial charge in [0.2, 0.25) is 0 Å². The lowest BCUT2D eigenvalue weighted by molar-refractivity contribution is 0.0453. The Morgan fingerprint density at radius 1 is 1.27 bits per heavy atom. The lowest BCUT2D eigenvalue weighted by Crippen LogP contribution is -2.48. The number of amides is 3. The average Bonchev–Trinajstić information content (AvgIpc) is 3.35. The van der Waals surface area contributed by atoms with Crippen molar-refractivity contribution in [2.45, 2.75) is 45.1 Å². The minimum absolute atomic E-state index is 0.0161. The third-order valence-electron chi connectivity index (χ3n) is 6.05. The number of thiophene rings is 1. The summed E-state index contributed by atoms with van der Waals surface area (Å²) in [5, 5.41) is 8.80. The molecule has 3 amide bonds. The third kappa shape index (κ3) is 4.46. The van der Waals surface area contributed by atoms with Crippen molar-refractivity contribution in [1.82, 2.24) is 24.9 Å². The van der Waals surface area contributed by atoms with Gasteiger partial charge in [-0.05, 0) is 25.8 Å². The zero-order valence-corrected chi connectivity index (χ0v) is 18.7. The van der Waals surface area contributed by atoms with Crippen LogP contribution >= 0.6 is 11.3 Å². The maximum atomic E-state index is 12.7. The second kappa shape index (κ2) is 9.34. The normalized spacial score (nSPS) is 18.0. The molecule has 9 heteroatoms. The highest BCUT2D eigenvalue weighted by atomic mass is 32.1. The van der Waals surface area contributed by atoms with Crippen molar-refractivity contribution in [1.29, 1.82) is 0 Å². The number of nitrogens with one attached hydrogen (secondary N) is 1. The van der Waals surface area contributed by atoms with Gasteiger partial charge in [-0.2, -0.15) is 5.10 Å². The number of aryl methyl sites for hydroxylation is 1. The van der Waals surface area contributed by atoms with E-state index in [4.69, 9.17) is 9.84 Å². The van der Waals surface area contributed by atoms with Gasteiger partial charge >= 0.3 is 6.03 Å². The van der Waals surface area contributed by atoms with Gasteiger partial charge in [0, 0.05) is 38.6 Å². The van der Waals surface area contributed by atoms with Crippen LogP contribution in [0.4, 0.5) is 4.79 Å². The summed E-state index contributed by atoms with van der Waals surface area (Å²) < 4.78 is 7.44. The molecule has 0 bridgehead atoms. The molecule has 8 nitrogen and oxygen atoms in total. The molecule has 3 heterocycles. The molecule has 1 saturated carbocycles. The van der Waals surface area contributed by atoms with Gasteiger partial charge in [0.15, 0.2) is 0 Å². The fraction of sp³-hybridized carbons (Fsp3) is 0.667. The lowest BCUT2D eigenvalue weighted by atomic mass is 9.96. The van der Waals surface area contributed by atoms with Crippen LogP contribution in [0.5, 0.6) is 0 Å². The SMILES string of the molecule is Cc1nn(C2CCCCC2)c2sc(C(=O)NCCN(C)C(=O)N3CCOCC3)cc12. The van der Waals surface area contributed by atoms with Crippen molar-refractivity contribution >= 4 is 33.5 Å². The molecule has 1 aliphatic carbocycles. The number of carbonyl (C=O) groups excluding carboxylic acids is 2. The Morgan fingerprint density at radius 3 is 2.73 bits per heavy atom. The quantitative estimate of drug-likeness (QED) is 0.786. The predicted octanol–water partition coefficient (Wildman–Crippen LogP) is 3.03. The van der Waals surface area contributed by atoms with E-state index in [9.17, 15) is 9.59 Å². The summed E-state index contributed by atoms with van der Waals surface area (Å²) in [6, 6.07) is 2.39. The minimum Gasteiger partial charge on any atom is -0.378 e. The van der Waals surface area contributed by atoms with Gasteiger partial charge in [0.05, 0.1) is 29.8 Å². The fourth-order valence-electron chi connectivity index (χ4n) is 4.27. The van der Waals surface area contributed by atoms with Crippen LogP contribution in [0, 0.1) is 6.92 Å². The van der Waals surface area contributed by atoms with E-state index >= 15 is 0 Å². The maximum absolute atomic E-state index is 12.7. The minimum atomic E-state index is -0.0852. The molecule has 2 fully saturated rings. The molecule has 0 radical (unpaired) electrons. The second-order valence-electron chi connectivity index (χ2n) is 8.21. The molecule has 2 aromatic rings. The van der Waals surface area contributed by atoms with Crippen molar-refractivity contribution in [3.63, 3.8) is 0 Å². The van der Waals surface area contributed by atoms with Crippen molar-refractivity contribution < 1.29 is 14.3 Å². The van der Waals surface area contributed by atoms with E-state index in [1.54, 1.807) is 16.8 Å². The zero-order chi connectivity index (χ0) is 21.1. The van der Waals surface area contributed by atoms with Gasteiger partial charge in [-0.15, -0.1) is 11.3 Å². The third-order valence-corrected chi connectivity index (χ3v) is 7.18. The molecule has 164 valence electrons. The number of fused-ring (bicyclic) bond motifs is 1. The Bertz CT molecular complexity index is 896. The van der Waals surface area contributed by atoms with Crippen LogP contribution in [0.15, 0.2) is 6.07 Å². The fourth-order valence-corrected chi connectivity index (χ4v) is 5.42. The van der Waals surface area contributed by atoms with Crippen molar-refractivity contribution in [3.05, 3.63) is 16.6 Å². The highest BCUT2D eigenvalue weighted by Crippen LogP contribution is 2.35. The smallest absolute Gasteiger partial charge is 0.319 e. The molecule has 1 aliphatic heterocycles. The number of rotatable bonds is 5. The monoisotopic (exact) mass is 433 g/mol. The van der Waals surface area contributed by atoms with Gasteiger partial charge in [-0.1, -0.05) is 19.3 Å². The lowest BCUT2D eigenvalue weighted by Gasteiger charge is -2.31. The molecule has 30 heavy (non-hydrogen) atoms. The summed E-state index contributed by atoms with van der Waals surface area (Å²) in [6.07, 6.45) is 6.14. The van der Waals surface area contributed by atoms with E-state index in [0.717, 1.165) is 15.9 Å². The molecule has 0 spiro atoms. The molecular formula is C21H31N5O3S. The Balaban J connectivity index is 1.34. The van der Waals surface area contributed by atoms with Gasteiger partial charge in [-0.3, -0.25) is 9.48 Å². The standard InChI is InChI=1S/C21H31N5O3S/c1-15-17-14-18(30-20(17)26(23-15)16-6-4-3-5-7-16)19(27)22-8-9-24(2)21(28)25-10-12-29-13-11-25/h14,16H,3-13H2,1-2H3,(H,22,27). The predicted molar refractivity (Wildman–Crippen MR) is 117 cm³/mol. The molecule has 1 saturated heterocycles. The number of likely N-dealkylation sites (N-methyl/N-ethyl adjacent to an activating group) is 1. The van der Waals surface area contributed by atoms with Crippen LogP contribution in [-0.2, 0) is 4.74 Å². The highest BCUT2D eigenvalue weighted by Gasteiger charge is 2.23. The van der Waals surface area contributed by atoms with E-state index in [-0.39, 0.29) is 11.9 Å². The zero-order valence-electron chi connectivity index (χ0n) is 17.9. The Morgan fingerprint density at radius 2 is 2.00 bits per heavy atom. The summed E-state index contributed by atoms with van der Waals surface area (Å²) in [5.41, 5.74) is 0.988. The number of hydrogen-bond acceptors (Lipinski definition) is 5. The van der Waals surface area contributed by atoms with Crippen molar-refractivity contribution in [2.24, 2.45) is 0 Å². The Kier molecular flexibility index (Phi) is 6.58. The topological polar surface area (TPSA) is 79.7 Å². The maximum Gasteiger partial charge on any atom is 0.319 e. The van der Waals surface area contributed by atoms with Crippen LogP contribution < -0.4 is 5.32 Å². The molecule has 0 atom stereocenters. The first kappa shape index (κ1) is 21.1. The van der Waals surface area contributed by atoms with Gasteiger partial charge in [0.25, 0.3) is 5.91 Å². The van der Waals surface area contributed by atoms with Gasteiger partial charge < -0.3 is 19.9 Å². The molecule has 1 N–H and O–H groups in total. The summed E-state index contributed by atoms with van der Waals surface area (Å²) in [4.78, 5) is 30.4. The van der Waals surface area contributed by atoms with Crippen LogP contribution in [0.1, 0.15) is 53.5 Å². The summed E-state index contributed by atoms with van der Waals surface area (Å²) in [6.45, 7) is 5.32. The first-order chi connectivity index (χ1) is 14.5. The van der Waals surface area contributed by atoms with Gasteiger partial charge in [-0.25, -0.2) is 4.79 Å². The van der Waals surface area contributed by atoms with E-state index < -0.39 is 0 Å². The number of aromatic nitrogens is 2. The molecule has 0 unspecified atom stereocenters. The Labute approximate surface area is 181 Å². The molecule has 2 aliphatic rings. The molecular weight excluding hydrogens is 402 g/mol. The molecule has 4 rings (SSSR count). The first-order valence-electron chi connectivity index (χ1n) is 10.9. The highest BCUT2D eigenvalue weighted by molar-refractivity contribution is 7.20. The van der Waals surface area contributed by atoms with E-state index in [1.165, 1.54) is 43.4 Å². The molecule has 0 aromatic carbocycles. The van der Waals surface area contributed by atoms with Crippen LogP contribution in [0.25, 0.3) is 10.2 Å². The Hall–Kier alpha value is -2.13.